The highest BCUT2D eigenvalue weighted by Gasteiger charge is 2.20. The number of rotatable bonds is 2. The van der Waals surface area contributed by atoms with Crippen LogP contribution in [0.4, 0.5) is 4.79 Å². The number of carbonyl (C=O) groups excluding carboxylic acids is 1. The van der Waals surface area contributed by atoms with Crippen molar-refractivity contribution in [2.24, 2.45) is 5.73 Å². The number of allylic oxidation sites excluding steroid dienone is 2. The Bertz CT molecular complexity index is 431. The zero-order chi connectivity index (χ0) is 13.5. The van der Waals surface area contributed by atoms with Crippen LogP contribution < -0.4 is 15.8 Å². The number of benzene rings is 1. The third-order valence-electron chi connectivity index (χ3n) is 3.25. The van der Waals surface area contributed by atoms with Crippen molar-refractivity contribution in [1.82, 2.24) is 5.32 Å². The molecule has 1 aromatic rings. The van der Waals surface area contributed by atoms with Gasteiger partial charge in [-0.3, -0.25) is 0 Å². The predicted octanol–water partition coefficient (Wildman–Crippen LogP) is 2.60. The van der Waals surface area contributed by atoms with Gasteiger partial charge in [0.15, 0.2) is 0 Å². The van der Waals surface area contributed by atoms with E-state index in [1.165, 1.54) is 0 Å². The number of ether oxygens (including phenoxy) is 1. The average Bonchev–Trinajstić information content (AvgIpc) is 2.40. The van der Waals surface area contributed by atoms with Crippen LogP contribution in [0.1, 0.15) is 25.7 Å². The molecule has 1 aliphatic carbocycles. The minimum absolute atomic E-state index is 0.0201. The molecule has 19 heavy (non-hydrogen) atoms. The number of para-hydroxylation sites is 1. The summed E-state index contributed by atoms with van der Waals surface area (Å²) in [5.41, 5.74) is 6.09. The van der Waals surface area contributed by atoms with Crippen molar-refractivity contribution in [2.75, 3.05) is 0 Å². The number of hydrogen-bond donors (Lipinski definition) is 2. The maximum atomic E-state index is 11.8. The summed E-state index contributed by atoms with van der Waals surface area (Å²) in [6.45, 7) is 0. The van der Waals surface area contributed by atoms with Crippen LogP contribution in [0, 0.1) is 0 Å². The summed E-state index contributed by atoms with van der Waals surface area (Å²) in [7, 11) is 0. The lowest BCUT2D eigenvalue weighted by Crippen LogP contribution is -2.48. The van der Waals surface area contributed by atoms with Crippen molar-refractivity contribution in [3.05, 3.63) is 42.5 Å². The Morgan fingerprint density at radius 3 is 2.58 bits per heavy atom. The number of hydrogen-bond acceptors (Lipinski definition) is 3. The van der Waals surface area contributed by atoms with E-state index in [1.807, 2.05) is 18.2 Å². The molecule has 102 valence electrons. The average molecular weight is 260 g/mol. The first-order chi connectivity index (χ1) is 9.25. The molecule has 0 saturated heterocycles. The van der Waals surface area contributed by atoms with Gasteiger partial charge in [0.2, 0.25) is 0 Å². The fourth-order valence-corrected chi connectivity index (χ4v) is 2.17. The second-order valence-corrected chi connectivity index (χ2v) is 4.74. The smallest absolute Gasteiger partial charge is 0.410 e. The van der Waals surface area contributed by atoms with Crippen LogP contribution in [0.2, 0.25) is 0 Å². The molecular weight excluding hydrogens is 240 g/mol. The Kier molecular flexibility index (Phi) is 4.98. The van der Waals surface area contributed by atoms with E-state index >= 15 is 0 Å². The quantitative estimate of drug-likeness (QED) is 0.803. The molecule has 1 aromatic carbocycles. The molecule has 0 fully saturated rings. The van der Waals surface area contributed by atoms with Crippen LogP contribution in [0.15, 0.2) is 42.5 Å². The largest absolute Gasteiger partial charge is 0.412 e. The SMILES string of the molecule is N[C@H]1CC/C=C/CCC1NC(=O)Oc1ccccc1. The molecule has 1 unspecified atom stereocenters. The normalized spacial score (nSPS) is 24.9. The fraction of sp³-hybridized carbons (Fsp3) is 0.400. The zero-order valence-electron chi connectivity index (χ0n) is 10.9. The molecular formula is C15H20N2O2. The molecule has 0 radical (unpaired) electrons. The van der Waals surface area contributed by atoms with Crippen LogP contribution in [0.3, 0.4) is 0 Å². The number of carbonyl (C=O) groups is 1. The number of amides is 1. The molecule has 2 rings (SSSR count). The Labute approximate surface area is 113 Å². The molecule has 0 aromatic heterocycles. The molecule has 0 bridgehead atoms. The highest BCUT2D eigenvalue weighted by atomic mass is 16.6. The van der Waals surface area contributed by atoms with Crippen LogP contribution in [0.25, 0.3) is 0 Å². The fourth-order valence-electron chi connectivity index (χ4n) is 2.17. The summed E-state index contributed by atoms with van der Waals surface area (Å²) in [5, 5.41) is 2.86. The van der Waals surface area contributed by atoms with E-state index in [0.29, 0.717) is 5.75 Å². The van der Waals surface area contributed by atoms with Crippen LogP contribution >= 0.6 is 0 Å². The lowest BCUT2D eigenvalue weighted by Gasteiger charge is -2.25. The molecule has 0 spiro atoms. The standard InChI is InChI=1S/C15H20N2O2/c16-13-10-6-1-2-7-11-14(13)17-15(18)19-12-8-4-3-5-9-12/h1-5,8-9,13-14H,6-7,10-11,16H2,(H,17,18)/b2-1+/t13-,14?/m0/s1. The minimum Gasteiger partial charge on any atom is -0.410 e. The maximum Gasteiger partial charge on any atom is 0.412 e. The maximum absolute atomic E-state index is 11.8. The van der Waals surface area contributed by atoms with Gasteiger partial charge in [-0.05, 0) is 37.8 Å². The van der Waals surface area contributed by atoms with Gasteiger partial charge in [-0.2, -0.15) is 0 Å². The van der Waals surface area contributed by atoms with E-state index < -0.39 is 6.09 Å². The lowest BCUT2D eigenvalue weighted by atomic mass is 9.96. The summed E-state index contributed by atoms with van der Waals surface area (Å²) >= 11 is 0. The first-order valence-electron chi connectivity index (χ1n) is 6.69. The monoisotopic (exact) mass is 260 g/mol. The van der Waals surface area contributed by atoms with Crippen LogP contribution in [0.5, 0.6) is 5.75 Å². The Morgan fingerprint density at radius 1 is 1.16 bits per heavy atom. The third kappa shape index (κ3) is 4.41. The molecule has 0 saturated carbocycles. The van der Waals surface area contributed by atoms with Gasteiger partial charge in [0.1, 0.15) is 5.75 Å². The first kappa shape index (κ1) is 13.6. The highest BCUT2D eigenvalue weighted by molar-refractivity contribution is 5.70. The van der Waals surface area contributed by atoms with Gasteiger partial charge in [-0.1, -0.05) is 30.4 Å². The van der Waals surface area contributed by atoms with Gasteiger partial charge >= 0.3 is 6.09 Å². The first-order valence-corrected chi connectivity index (χ1v) is 6.69. The lowest BCUT2D eigenvalue weighted by molar-refractivity contribution is 0.192. The number of nitrogens with two attached hydrogens (primary N) is 1. The molecule has 1 amide bonds. The summed E-state index contributed by atoms with van der Waals surface area (Å²) in [4.78, 5) is 11.8. The van der Waals surface area contributed by atoms with E-state index in [4.69, 9.17) is 10.5 Å². The molecule has 0 heterocycles. The van der Waals surface area contributed by atoms with E-state index in [-0.39, 0.29) is 12.1 Å². The van der Waals surface area contributed by atoms with Crippen molar-refractivity contribution in [1.29, 1.82) is 0 Å². The number of nitrogens with one attached hydrogen (secondary N) is 1. The van der Waals surface area contributed by atoms with Gasteiger partial charge in [-0.15, -0.1) is 0 Å². The zero-order valence-corrected chi connectivity index (χ0v) is 10.9. The minimum atomic E-state index is -0.434. The van der Waals surface area contributed by atoms with Crippen molar-refractivity contribution in [3.63, 3.8) is 0 Å². The molecule has 4 heteroatoms. The van der Waals surface area contributed by atoms with Gasteiger partial charge < -0.3 is 15.8 Å². The van der Waals surface area contributed by atoms with Gasteiger partial charge in [0, 0.05) is 12.1 Å². The summed E-state index contributed by atoms with van der Waals surface area (Å²) < 4.78 is 5.21. The Morgan fingerprint density at radius 2 is 1.84 bits per heavy atom. The molecule has 3 N–H and O–H groups in total. The Hall–Kier alpha value is -1.81. The van der Waals surface area contributed by atoms with Gasteiger partial charge in [-0.25, -0.2) is 4.79 Å². The summed E-state index contributed by atoms with van der Waals surface area (Å²) in [5.74, 6) is 0.541. The highest BCUT2D eigenvalue weighted by Crippen LogP contribution is 2.13. The molecule has 4 nitrogen and oxygen atoms in total. The van der Waals surface area contributed by atoms with Gasteiger partial charge in [0.25, 0.3) is 0 Å². The Balaban J connectivity index is 1.88. The van der Waals surface area contributed by atoms with E-state index in [0.717, 1.165) is 25.7 Å². The third-order valence-corrected chi connectivity index (χ3v) is 3.25. The van der Waals surface area contributed by atoms with Crippen LogP contribution in [-0.4, -0.2) is 18.2 Å². The van der Waals surface area contributed by atoms with E-state index in [9.17, 15) is 4.79 Å². The predicted molar refractivity (Wildman–Crippen MR) is 75.0 cm³/mol. The van der Waals surface area contributed by atoms with Crippen LogP contribution in [-0.2, 0) is 0 Å². The van der Waals surface area contributed by atoms with Crippen molar-refractivity contribution >= 4 is 6.09 Å². The van der Waals surface area contributed by atoms with E-state index in [1.54, 1.807) is 12.1 Å². The van der Waals surface area contributed by atoms with Crippen molar-refractivity contribution < 1.29 is 9.53 Å². The molecule has 0 aliphatic heterocycles. The van der Waals surface area contributed by atoms with Crippen molar-refractivity contribution in [3.8, 4) is 5.75 Å². The van der Waals surface area contributed by atoms with Crippen molar-refractivity contribution in [2.45, 2.75) is 37.8 Å². The van der Waals surface area contributed by atoms with E-state index in [2.05, 4.69) is 17.5 Å². The molecule has 2 atom stereocenters. The van der Waals surface area contributed by atoms with Gasteiger partial charge in [0.05, 0.1) is 0 Å². The summed E-state index contributed by atoms with van der Waals surface area (Å²) in [6.07, 6.45) is 7.49. The molecule has 1 aliphatic rings. The second kappa shape index (κ2) is 6.95. The second-order valence-electron chi connectivity index (χ2n) is 4.74. The summed E-state index contributed by atoms with van der Waals surface area (Å²) in [6, 6.07) is 8.99. The topological polar surface area (TPSA) is 64.3 Å².